The van der Waals surface area contributed by atoms with Gasteiger partial charge in [-0.1, -0.05) is 11.6 Å². The minimum Gasteiger partial charge on any atom is -1.00 e. The molecule has 1 radical (unpaired) electrons. The van der Waals surface area contributed by atoms with Crippen molar-refractivity contribution in [3.63, 3.8) is 0 Å². The first kappa shape index (κ1) is 19.6. The molecule has 2 aromatic rings. The lowest BCUT2D eigenvalue weighted by molar-refractivity contribution is -0.254. The van der Waals surface area contributed by atoms with Crippen molar-refractivity contribution in [1.29, 1.82) is 0 Å². The number of nitrogen functional groups attached to an aromatic ring is 1. The van der Waals surface area contributed by atoms with Gasteiger partial charge in [0, 0.05) is 44.6 Å². The van der Waals surface area contributed by atoms with Gasteiger partial charge in [0.25, 0.3) is 0 Å². The van der Waals surface area contributed by atoms with Gasteiger partial charge < -0.3 is 22.2 Å². The Hall–Kier alpha value is -1.77. The van der Waals surface area contributed by atoms with Gasteiger partial charge in [-0.25, -0.2) is 9.97 Å². The average Bonchev–Trinajstić information content (AvgIpc) is 2.55. The molecule has 0 aliphatic carbocycles. The first-order chi connectivity index (χ1) is 11.4. The molecule has 3 rings (SSSR count). The highest BCUT2D eigenvalue weighted by molar-refractivity contribution is 6.33. The zero-order chi connectivity index (χ0) is 17.3. The Labute approximate surface area is 154 Å². The highest BCUT2D eigenvalue weighted by Crippen LogP contribution is 2.34. The number of aromatic nitrogens is 2. The highest BCUT2D eigenvalue weighted by Gasteiger charge is 2.32. The minimum atomic E-state index is -4.45. The van der Waals surface area contributed by atoms with Crippen LogP contribution in [0.15, 0.2) is 30.6 Å². The third-order valence-electron chi connectivity index (χ3n) is 3.84. The first-order valence-electron chi connectivity index (χ1n) is 7.29. The molecule has 1 saturated heterocycles. The van der Waals surface area contributed by atoms with Gasteiger partial charge >= 0.3 is 6.18 Å². The average molecular weight is 393 g/mol. The van der Waals surface area contributed by atoms with Crippen molar-refractivity contribution in [1.82, 2.24) is 9.97 Å². The predicted molar refractivity (Wildman–Crippen MR) is 84.5 cm³/mol. The Bertz CT molecular complexity index is 733. The van der Waals surface area contributed by atoms with Crippen LogP contribution < -0.4 is 27.9 Å². The second kappa shape index (κ2) is 7.63. The zero-order valence-electron chi connectivity index (χ0n) is 13.0. The van der Waals surface area contributed by atoms with Gasteiger partial charge in [0.05, 0.1) is 10.6 Å². The number of hydrogen-bond donors (Lipinski definition) is 1. The minimum absolute atomic E-state index is 0. The number of hydrogen-bond acceptors (Lipinski definition) is 5. The van der Waals surface area contributed by atoms with Crippen molar-refractivity contribution >= 4 is 28.9 Å². The molecular formula is C15H15Cl2F3N5. The molecule has 5 nitrogen and oxygen atoms in total. The van der Waals surface area contributed by atoms with Crippen LogP contribution in [0.2, 0.25) is 5.02 Å². The number of nitrogens with zero attached hydrogens (tertiary/aromatic N) is 4. The van der Waals surface area contributed by atoms with Gasteiger partial charge in [-0.3, -0.25) is 0 Å². The number of alkyl halides is 3. The molecule has 0 bridgehead atoms. The Morgan fingerprint density at radius 3 is 2.16 bits per heavy atom. The maximum absolute atomic E-state index is 12.7. The summed E-state index contributed by atoms with van der Waals surface area (Å²) in [4.78, 5) is 12.1. The molecule has 0 aromatic carbocycles. The van der Waals surface area contributed by atoms with Gasteiger partial charge in [-0.2, -0.15) is 18.9 Å². The fourth-order valence-corrected chi connectivity index (χ4v) is 2.91. The molecule has 2 aromatic heterocycles. The maximum Gasteiger partial charge on any atom is 0.417 e. The van der Waals surface area contributed by atoms with Crippen molar-refractivity contribution < 1.29 is 31.3 Å². The Morgan fingerprint density at radius 1 is 1.04 bits per heavy atom. The second-order valence-corrected chi connectivity index (χ2v) is 5.82. The number of halogens is 5. The van der Waals surface area contributed by atoms with Crippen LogP contribution in [0.3, 0.4) is 0 Å². The van der Waals surface area contributed by atoms with E-state index in [9.17, 15) is 13.2 Å². The summed E-state index contributed by atoms with van der Waals surface area (Å²) in [6.45, 7) is 2.38. The molecule has 0 atom stereocenters. The molecule has 0 amide bonds. The van der Waals surface area contributed by atoms with Crippen molar-refractivity contribution in [3.8, 4) is 0 Å². The second-order valence-electron chi connectivity index (χ2n) is 5.42. The summed E-state index contributed by atoms with van der Waals surface area (Å²) < 4.78 is 38.0. The van der Waals surface area contributed by atoms with E-state index in [1.165, 1.54) is 0 Å². The lowest BCUT2D eigenvalue weighted by Gasteiger charge is -2.36. The van der Waals surface area contributed by atoms with Crippen LogP contribution in [0.25, 0.3) is 0 Å². The molecule has 135 valence electrons. The van der Waals surface area contributed by atoms with Crippen molar-refractivity contribution in [2.45, 2.75) is 6.18 Å². The topological polar surface area (TPSA) is 57.6 Å². The molecule has 1 fully saturated rings. The summed E-state index contributed by atoms with van der Waals surface area (Å²) in [5.41, 5.74) is 5.66. The molecule has 0 unspecified atom stereocenters. The molecular weight excluding hydrogens is 378 g/mol. The monoisotopic (exact) mass is 392 g/mol. The number of rotatable bonds is 2. The summed E-state index contributed by atoms with van der Waals surface area (Å²) >= 11 is 6.00. The Morgan fingerprint density at radius 2 is 1.64 bits per heavy atom. The first-order valence-corrected chi connectivity index (χ1v) is 7.67. The summed E-state index contributed by atoms with van der Waals surface area (Å²) in [7, 11) is 0. The fourth-order valence-electron chi connectivity index (χ4n) is 2.62. The van der Waals surface area contributed by atoms with E-state index in [2.05, 4.69) is 9.97 Å². The zero-order valence-corrected chi connectivity index (χ0v) is 14.5. The molecule has 1 aliphatic rings. The van der Waals surface area contributed by atoms with Gasteiger partial charge in [0.15, 0.2) is 5.82 Å². The van der Waals surface area contributed by atoms with Crippen molar-refractivity contribution in [3.05, 3.63) is 41.2 Å². The molecule has 0 saturated carbocycles. The smallest absolute Gasteiger partial charge is 0.417 e. The summed E-state index contributed by atoms with van der Waals surface area (Å²) in [5, 5.41) is -0.00405. The van der Waals surface area contributed by atoms with Gasteiger partial charge in [0.1, 0.15) is 5.82 Å². The molecule has 1 aliphatic heterocycles. The van der Waals surface area contributed by atoms with Crippen LogP contribution in [-0.2, 0) is 6.18 Å². The van der Waals surface area contributed by atoms with E-state index in [0.29, 0.717) is 43.5 Å². The SMILES string of the molecule is [Cl-].[NH2+]c1cccnc1N1CCN(c2ncc(C(F)(F)F)cc2Cl)CC1. The third kappa shape index (κ3) is 4.26. The van der Waals surface area contributed by atoms with Crippen LogP contribution >= 0.6 is 11.6 Å². The highest BCUT2D eigenvalue weighted by atomic mass is 35.5. The van der Waals surface area contributed by atoms with Crippen LogP contribution in [0.5, 0.6) is 0 Å². The van der Waals surface area contributed by atoms with Gasteiger partial charge in [-0.15, -0.1) is 0 Å². The third-order valence-corrected chi connectivity index (χ3v) is 4.12. The molecule has 3 heterocycles. The van der Waals surface area contributed by atoms with Gasteiger partial charge in [-0.05, 0) is 12.1 Å². The van der Waals surface area contributed by atoms with E-state index in [1.54, 1.807) is 18.3 Å². The van der Waals surface area contributed by atoms with E-state index in [1.807, 2.05) is 9.80 Å². The van der Waals surface area contributed by atoms with E-state index in [-0.39, 0.29) is 17.4 Å². The maximum atomic E-state index is 12.7. The Balaban J connectivity index is 0.00000225. The van der Waals surface area contributed by atoms with E-state index >= 15 is 0 Å². The molecule has 25 heavy (non-hydrogen) atoms. The predicted octanol–water partition coefficient (Wildman–Crippen LogP) is -0.861. The van der Waals surface area contributed by atoms with Crippen LogP contribution in [0.4, 0.5) is 30.5 Å². The van der Waals surface area contributed by atoms with Crippen LogP contribution in [-0.4, -0.2) is 36.1 Å². The quantitative estimate of drug-likeness (QED) is 0.722. The van der Waals surface area contributed by atoms with Crippen molar-refractivity contribution in [2.75, 3.05) is 36.0 Å². The lowest BCUT2D eigenvalue weighted by Crippen LogP contribution is -3.00. The molecule has 2 N–H and O–H groups in total. The van der Waals surface area contributed by atoms with Crippen LogP contribution in [0, 0.1) is 0 Å². The van der Waals surface area contributed by atoms with Crippen molar-refractivity contribution in [2.24, 2.45) is 0 Å². The summed E-state index contributed by atoms with van der Waals surface area (Å²) in [6, 6.07) is 4.46. The number of anilines is 3. The van der Waals surface area contributed by atoms with E-state index in [0.717, 1.165) is 12.3 Å². The number of nitrogens with two attached hydrogens (primary N) is 1. The fraction of sp³-hybridized carbons (Fsp3) is 0.333. The Kier molecular flexibility index (Phi) is 5.97. The normalized spacial score (nSPS) is 15.1. The summed E-state index contributed by atoms with van der Waals surface area (Å²) in [6.07, 6.45) is -1.97. The molecule has 0 spiro atoms. The number of pyridine rings is 2. The van der Waals surface area contributed by atoms with E-state index < -0.39 is 11.7 Å². The molecule has 10 heteroatoms. The van der Waals surface area contributed by atoms with Crippen LogP contribution in [0.1, 0.15) is 5.56 Å². The largest absolute Gasteiger partial charge is 1.00 e. The number of piperazine rings is 1. The van der Waals surface area contributed by atoms with E-state index in [4.69, 9.17) is 17.3 Å². The van der Waals surface area contributed by atoms with Gasteiger partial charge in [0.2, 0.25) is 5.69 Å². The lowest BCUT2D eigenvalue weighted by atomic mass is 10.2. The standard InChI is InChI=1S/C15H15ClF3N5.ClH/c16-11-8-10(15(17,18)19)9-22-13(11)23-4-6-24(7-5-23)14-12(20)2-1-3-21-14;/h1-3,8-9H,4-7,20H2;1H/q+1;/p-1. The summed E-state index contributed by atoms with van der Waals surface area (Å²) in [5.74, 6) is 1.07.